The fourth-order valence-electron chi connectivity index (χ4n) is 6.19. The monoisotopic (exact) mass is 612 g/mol. The zero-order valence-electron chi connectivity index (χ0n) is 26.1. The lowest BCUT2D eigenvalue weighted by molar-refractivity contribution is -0.140. The lowest BCUT2D eigenvalue weighted by Gasteiger charge is -2.37. The maximum absolute atomic E-state index is 15.6. The number of carbonyl (C=O) groups excluding carboxylic acids is 4. The molecule has 0 bridgehead atoms. The van der Waals surface area contributed by atoms with Crippen LogP contribution in [0.25, 0.3) is 0 Å². The maximum atomic E-state index is 15.6. The number of amides is 4. The fraction of sp³-hybridized carbons (Fsp3) is 0.594. The van der Waals surface area contributed by atoms with Gasteiger partial charge in [-0.15, -0.1) is 0 Å². The molecule has 2 aromatic rings. The molecule has 2 aliphatic rings. The number of aryl methyl sites for hydroxylation is 1. The quantitative estimate of drug-likeness (QED) is 0.352. The summed E-state index contributed by atoms with van der Waals surface area (Å²) in [6.45, 7) is 9.75. The predicted octanol–water partition coefficient (Wildman–Crippen LogP) is 3.70. The van der Waals surface area contributed by atoms with Crippen molar-refractivity contribution in [2.24, 2.45) is 11.8 Å². The molecule has 2 fully saturated rings. The van der Waals surface area contributed by atoms with Gasteiger partial charge in [0.1, 0.15) is 23.7 Å². The molecule has 3 atom stereocenters. The van der Waals surface area contributed by atoms with Gasteiger partial charge in [0, 0.05) is 38.0 Å². The molecule has 11 nitrogen and oxygen atoms in total. The molecule has 0 unspecified atom stereocenters. The van der Waals surface area contributed by atoms with Gasteiger partial charge in [0.15, 0.2) is 0 Å². The first-order valence-corrected chi connectivity index (χ1v) is 15.7. The van der Waals surface area contributed by atoms with Gasteiger partial charge in [-0.25, -0.2) is 9.07 Å². The normalized spacial score (nSPS) is 20.7. The minimum atomic E-state index is -0.886. The van der Waals surface area contributed by atoms with Crippen LogP contribution < -0.4 is 15.5 Å². The van der Waals surface area contributed by atoms with Crippen molar-refractivity contribution in [3.05, 3.63) is 41.8 Å². The standard InChI is InChI=1S/C32H45FN6O5/c1-5-27(41)36-29(32(43)37-15-17-44-18-16-37)22(4)24-11-12-26(25(33)19-24)35-31(42)30(23-9-7-21(3)8-10-23)38(20-40)28-13-14-34-39(28)6-2/h11-14,19-23,29-30H,5-10,15-18H2,1-4H3,(H,35,42)(H,36,41)/t21?,22-,23?,29+,30-/m0/s1. The van der Waals surface area contributed by atoms with Crippen LogP contribution in [0.1, 0.15) is 71.3 Å². The molecule has 0 spiro atoms. The van der Waals surface area contributed by atoms with Gasteiger partial charge in [-0.3, -0.25) is 24.1 Å². The van der Waals surface area contributed by atoms with Gasteiger partial charge in [-0.05, 0) is 49.3 Å². The average molecular weight is 613 g/mol. The minimum absolute atomic E-state index is 0.0244. The summed E-state index contributed by atoms with van der Waals surface area (Å²) in [5.41, 5.74) is 0.478. The summed E-state index contributed by atoms with van der Waals surface area (Å²) in [5.74, 6) is -1.27. The Morgan fingerprint density at radius 2 is 1.84 bits per heavy atom. The zero-order valence-corrected chi connectivity index (χ0v) is 26.1. The van der Waals surface area contributed by atoms with Crippen LogP contribution in [0.15, 0.2) is 30.5 Å². The molecule has 1 saturated heterocycles. The number of halogens is 1. The molecule has 1 saturated carbocycles. The third-order valence-corrected chi connectivity index (χ3v) is 8.95. The second kappa shape index (κ2) is 15.3. The molecule has 2 heterocycles. The Bertz CT molecular complexity index is 1300. The Balaban J connectivity index is 1.57. The van der Waals surface area contributed by atoms with E-state index >= 15 is 4.39 Å². The van der Waals surface area contributed by atoms with Crippen molar-refractivity contribution >= 4 is 35.6 Å². The number of aromatic nitrogens is 2. The smallest absolute Gasteiger partial charge is 0.247 e. The van der Waals surface area contributed by atoms with Crippen molar-refractivity contribution in [3.8, 4) is 0 Å². The van der Waals surface area contributed by atoms with Crippen LogP contribution in [0, 0.1) is 17.7 Å². The first kappa shape index (κ1) is 33.1. The molecule has 1 aliphatic heterocycles. The molecular formula is C32H45FN6O5. The topological polar surface area (TPSA) is 126 Å². The van der Waals surface area contributed by atoms with Crippen LogP contribution >= 0.6 is 0 Å². The van der Waals surface area contributed by atoms with E-state index in [0.717, 1.165) is 25.7 Å². The largest absolute Gasteiger partial charge is 0.378 e. The molecule has 1 aliphatic carbocycles. The van der Waals surface area contributed by atoms with Crippen molar-refractivity contribution in [1.29, 1.82) is 0 Å². The van der Waals surface area contributed by atoms with E-state index in [1.54, 1.807) is 41.8 Å². The Hall–Kier alpha value is -3.80. The lowest BCUT2D eigenvalue weighted by atomic mass is 9.78. The average Bonchev–Trinajstić information content (AvgIpc) is 3.52. The highest BCUT2D eigenvalue weighted by molar-refractivity contribution is 6.00. The summed E-state index contributed by atoms with van der Waals surface area (Å²) in [5, 5.41) is 9.83. The van der Waals surface area contributed by atoms with Crippen molar-refractivity contribution in [1.82, 2.24) is 20.0 Å². The van der Waals surface area contributed by atoms with E-state index < -0.39 is 29.7 Å². The minimum Gasteiger partial charge on any atom is -0.378 e. The van der Waals surface area contributed by atoms with Gasteiger partial charge >= 0.3 is 0 Å². The number of rotatable bonds is 12. The van der Waals surface area contributed by atoms with Crippen LogP contribution in [-0.2, 0) is 30.5 Å². The Labute approximate surface area is 258 Å². The van der Waals surface area contributed by atoms with Crippen molar-refractivity contribution < 1.29 is 28.3 Å². The summed E-state index contributed by atoms with van der Waals surface area (Å²) in [4.78, 5) is 55.1. The van der Waals surface area contributed by atoms with E-state index in [2.05, 4.69) is 22.7 Å². The number of carbonyl (C=O) groups is 4. The SMILES string of the molecule is CCC(=O)N[C@@H](C(=O)N1CCOCC1)[C@@H](C)c1ccc(NC(=O)[C@H](C2CCC(C)CC2)N(C=O)c2ccnn2CC)c(F)c1. The number of anilines is 2. The van der Waals surface area contributed by atoms with E-state index in [0.29, 0.717) is 56.6 Å². The molecule has 2 N–H and O–H groups in total. The van der Waals surface area contributed by atoms with Crippen LogP contribution in [0.5, 0.6) is 0 Å². The molecule has 0 radical (unpaired) electrons. The van der Waals surface area contributed by atoms with E-state index in [4.69, 9.17) is 4.74 Å². The summed E-state index contributed by atoms with van der Waals surface area (Å²) in [7, 11) is 0. The van der Waals surface area contributed by atoms with Gasteiger partial charge in [-0.2, -0.15) is 5.10 Å². The summed E-state index contributed by atoms with van der Waals surface area (Å²) >= 11 is 0. The predicted molar refractivity (Wildman–Crippen MR) is 164 cm³/mol. The second-order valence-corrected chi connectivity index (χ2v) is 11.8. The molecule has 240 valence electrons. The summed E-state index contributed by atoms with van der Waals surface area (Å²) in [6.07, 6.45) is 5.87. The van der Waals surface area contributed by atoms with Gasteiger partial charge in [0.05, 0.1) is 25.1 Å². The molecule has 4 rings (SSSR count). The van der Waals surface area contributed by atoms with Crippen molar-refractivity contribution in [2.45, 2.75) is 84.3 Å². The summed E-state index contributed by atoms with van der Waals surface area (Å²) < 4.78 is 22.7. The Morgan fingerprint density at radius 1 is 1.14 bits per heavy atom. The van der Waals surface area contributed by atoms with Crippen molar-refractivity contribution in [2.75, 3.05) is 36.5 Å². The van der Waals surface area contributed by atoms with Crippen molar-refractivity contribution in [3.63, 3.8) is 0 Å². The third kappa shape index (κ3) is 7.64. The number of benzene rings is 1. The molecule has 4 amide bonds. The molecule has 44 heavy (non-hydrogen) atoms. The first-order valence-electron chi connectivity index (χ1n) is 15.7. The number of nitrogens with zero attached hydrogens (tertiary/aromatic N) is 4. The highest BCUT2D eigenvalue weighted by atomic mass is 19.1. The van der Waals surface area contributed by atoms with Crippen LogP contribution in [0.3, 0.4) is 0 Å². The Kier molecular flexibility index (Phi) is 11.5. The van der Waals surface area contributed by atoms with Crippen LogP contribution in [0.4, 0.5) is 15.9 Å². The first-order chi connectivity index (χ1) is 21.2. The van der Waals surface area contributed by atoms with E-state index in [-0.39, 0.29) is 29.8 Å². The number of hydrogen-bond acceptors (Lipinski definition) is 6. The second-order valence-electron chi connectivity index (χ2n) is 11.8. The lowest BCUT2D eigenvalue weighted by Crippen LogP contribution is -2.53. The Morgan fingerprint density at radius 3 is 2.45 bits per heavy atom. The summed E-state index contributed by atoms with van der Waals surface area (Å²) in [6, 6.07) is 4.38. The third-order valence-electron chi connectivity index (χ3n) is 8.95. The number of hydrogen-bond donors (Lipinski definition) is 2. The molecular weight excluding hydrogens is 567 g/mol. The number of ether oxygens (including phenoxy) is 1. The molecule has 1 aromatic carbocycles. The number of nitrogens with one attached hydrogen (secondary N) is 2. The molecule has 12 heteroatoms. The maximum Gasteiger partial charge on any atom is 0.247 e. The van der Waals surface area contributed by atoms with E-state index in [9.17, 15) is 19.2 Å². The van der Waals surface area contributed by atoms with E-state index in [1.807, 2.05) is 6.92 Å². The van der Waals surface area contributed by atoms with Gasteiger partial charge in [0.2, 0.25) is 24.1 Å². The van der Waals surface area contributed by atoms with Crippen LogP contribution in [-0.4, -0.2) is 77.2 Å². The van der Waals surface area contributed by atoms with Gasteiger partial charge in [0.25, 0.3) is 0 Å². The highest BCUT2D eigenvalue weighted by Gasteiger charge is 2.38. The zero-order chi connectivity index (χ0) is 31.8. The van der Waals surface area contributed by atoms with Crippen LogP contribution in [0.2, 0.25) is 0 Å². The highest BCUT2D eigenvalue weighted by Crippen LogP contribution is 2.35. The molecule has 1 aromatic heterocycles. The fourth-order valence-corrected chi connectivity index (χ4v) is 6.19. The number of morpholine rings is 1. The van der Waals surface area contributed by atoms with Gasteiger partial charge < -0.3 is 20.3 Å². The van der Waals surface area contributed by atoms with Gasteiger partial charge in [-0.1, -0.05) is 39.7 Å². The van der Waals surface area contributed by atoms with E-state index in [1.165, 1.54) is 17.0 Å².